The molecule has 0 radical (unpaired) electrons. The summed E-state index contributed by atoms with van der Waals surface area (Å²) in [4.78, 5) is 4.04. The number of nitrogens with one attached hydrogen (secondary N) is 1. The maximum Gasteiger partial charge on any atom is 0.578 e. The number of rotatable bonds is 11. The van der Waals surface area contributed by atoms with Gasteiger partial charge in [-0.2, -0.15) is 0 Å². The third kappa shape index (κ3) is 7.70. The van der Waals surface area contributed by atoms with E-state index in [1.165, 1.54) is 36.1 Å². The van der Waals surface area contributed by atoms with Gasteiger partial charge in [0.15, 0.2) is 4.90 Å². The minimum Gasteiger partial charge on any atom is -0.604 e. The number of halogens is 3. The summed E-state index contributed by atoms with van der Waals surface area (Å²) in [6.07, 6.45) is 10.5. The number of aromatic amines is 1. The first-order valence-corrected chi connectivity index (χ1v) is 12.7. The summed E-state index contributed by atoms with van der Waals surface area (Å²) in [5, 5.41) is 10.4. The predicted octanol–water partition coefficient (Wildman–Crippen LogP) is 6.04. The van der Waals surface area contributed by atoms with Gasteiger partial charge in [-0.15, -0.1) is 18.3 Å². The number of nitrogens with zero attached hydrogens (tertiary/aromatic N) is 3. The van der Waals surface area contributed by atoms with Crippen molar-refractivity contribution >= 4 is 23.3 Å². The lowest BCUT2D eigenvalue weighted by atomic mass is 10.0. The van der Waals surface area contributed by atoms with Gasteiger partial charge in [0, 0.05) is 12.3 Å². The number of oxazole rings is 1. The summed E-state index contributed by atoms with van der Waals surface area (Å²) in [7, 11) is 0. The standard InChI is InChI=1S/C26H25F3N4O3S/c1-18-14-23(10-9-20(18)4-2-3-5-21-15-30-33-32-21)35-16-22-17-36-25(31-22)13-8-19-6-11-24(12-7-19)37(34)26(27,28)29/h6-15,17H,2-5,16H2,1H3,(H,30,32,33). The molecule has 7 nitrogen and oxygen atoms in total. The van der Waals surface area contributed by atoms with E-state index in [2.05, 4.69) is 33.4 Å². The number of ether oxygens (including phenoxy) is 1. The molecule has 11 heteroatoms. The van der Waals surface area contributed by atoms with Crippen molar-refractivity contribution in [3.05, 3.63) is 88.9 Å². The second-order valence-electron chi connectivity index (χ2n) is 8.34. The SMILES string of the molecule is Cc1cc(OCc2coc(C=Cc3ccc([S+]([O-])C(F)(F)F)cc3)n2)ccc1CCCCc1c[nH]nn1. The molecule has 1 N–H and O–H groups in total. The molecule has 0 spiro atoms. The monoisotopic (exact) mass is 530 g/mol. The van der Waals surface area contributed by atoms with Gasteiger partial charge in [-0.25, -0.2) is 4.98 Å². The molecule has 2 aromatic heterocycles. The van der Waals surface area contributed by atoms with Crippen LogP contribution in [0, 0.1) is 6.92 Å². The van der Waals surface area contributed by atoms with E-state index in [0.29, 0.717) is 17.1 Å². The van der Waals surface area contributed by atoms with Crippen LogP contribution in [-0.4, -0.2) is 30.5 Å². The van der Waals surface area contributed by atoms with Crippen molar-refractivity contribution in [2.45, 2.75) is 49.6 Å². The number of hydrogen-bond acceptors (Lipinski definition) is 6. The van der Waals surface area contributed by atoms with E-state index in [4.69, 9.17) is 9.15 Å². The lowest BCUT2D eigenvalue weighted by Crippen LogP contribution is -2.23. The van der Waals surface area contributed by atoms with Crippen LogP contribution in [0.3, 0.4) is 0 Å². The molecule has 37 heavy (non-hydrogen) atoms. The van der Waals surface area contributed by atoms with Crippen LogP contribution < -0.4 is 4.74 Å². The van der Waals surface area contributed by atoms with Gasteiger partial charge in [0.2, 0.25) is 5.89 Å². The smallest absolute Gasteiger partial charge is 0.578 e. The maximum absolute atomic E-state index is 12.6. The Hall–Kier alpha value is -3.57. The largest absolute Gasteiger partial charge is 0.604 e. The molecule has 0 bridgehead atoms. The summed E-state index contributed by atoms with van der Waals surface area (Å²) in [6.45, 7) is 2.29. The summed E-state index contributed by atoms with van der Waals surface area (Å²) in [6, 6.07) is 11.3. The van der Waals surface area contributed by atoms with Crippen molar-refractivity contribution in [2.75, 3.05) is 0 Å². The molecule has 2 aromatic carbocycles. The molecule has 0 aliphatic rings. The first-order valence-electron chi connectivity index (χ1n) is 11.6. The second kappa shape index (κ2) is 12.1. The number of alkyl halides is 3. The van der Waals surface area contributed by atoms with E-state index < -0.39 is 16.7 Å². The molecule has 2 heterocycles. The van der Waals surface area contributed by atoms with Crippen molar-refractivity contribution < 1.29 is 26.9 Å². The Bertz CT molecular complexity index is 1310. The van der Waals surface area contributed by atoms with E-state index in [0.717, 1.165) is 42.7 Å². The van der Waals surface area contributed by atoms with Gasteiger partial charge in [0.25, 0.3) is 0 Å². The van der Waals surface area contributed by atoms with Crippen LogP contribution in [-0.2, 0) is 30.6 Å². The fourth-order valence-corrected chi connectivity index (χ4v) is 4.28. The lowest BCUT2D eigenvalue weighted by molar-refractivity contribution is -0.0435. The highest BCUT2D eigenvalue weighted by atomic mass is 32.2. The number of benzene rings is 2. The predicted molar refractivity (Wildman–Crippen MR) is 133 cm³/mol. The number of hydrogen-bond donors (Lipinski definition) is 1. The highest BCUT2D eigenvalue weighted by molar-refractivity contribution is 7.92. The highest BCUT2D eigenvalue weighted by Crippen LogP contribution is 2.30. The molecule has 4 aromatic rings. The molecule has 0 aliphatic carbocycles. The van der Waals surface area contributed by atoms with Gasteiger partial charge in [-0.1, -0.05) is 11.3 Å². The minimum absolute atomic E-state index is 0.228. The highest BCUT2D eigenvalue weighted by Gasteiger charge is 2.45. The molecule has 0 saturated heterocycles. The fraction of sp³-hybridized carbons (Fsp3) is 0.269. The van der Waals surface area contributed by atoms with Crippen LogP contribution in [0.4, 0.5) is 13.2 Å². The average molecular weight is 531 g/mol. The van der Waals surface area contributed by atoms with Crippen LogP contribution in [0.15, 0.2) is 64.2 Å². The third-order valence-electron chi connectivity index (χ3n) is 5.59. The third-order valence-corrected chi connectivity index (χ3v) is 6.71. The topological polar surface area (TPSA) is 99.9 Å². The maximum atomic E-state index is 12.6. The molecule has 194 valence electrons. The van der Waals surface area contributed by atoms with E-state index in [-0.39, 0.29) is 11.5 Å². The Morgan fingerprint density at radius 3 is 2.54 bits per heavy atom. The minimum atomic E-state index is -4.78. The Morgan fingerprint density at radius 1 is 1.05 bits per heavy atom. The normalized spacial score (nSPS) is 12.8. The van der Waals surface area contributed by atoms with Crippen molar-refractivity contribution in [2.24, 2.45) is 0 Å². The zero-order valence-electron chi connectivity index (χ0n) is 20.0. The van der Waals surface area contributed by atoms with E-state index in [1.807, 2.05) is 18.3 Å². The van der Waals surface area contributed by atoms with Crippen LogP contribution in [0.5, 0.6) is 5.75 Å². The molecule has 1 atom stereocenters. The zero-order valence-corrected chi connectivity index (χ0v) is 20.8. The van der Waals surface area contributed by atoms with Crippen molar-refractivity contribution in [1.82, 2.24) is 20.4 Å². The summed E-state index contributed by atoms with van der Waals surface area (Å²) in [5.74, 6) is 1.07. The summed E-state index contributed by atoms with van der Waals surface area (Å²) in [5.41, 5.74) is -0.151. The number of H-pyrrole nitrogens is 1. The molecule has 0 aliphatic heterocycles. The van der Waals surface area contributed by atoms with Crippen molar-refractivity contribution in [3.63, 3.8) is 0 Å². The number of aryl methyl sites for hydroxylation is 3. The van der Waals surface area contributed by atoms with Gasteiger partial charge in [0.05, 0.1) is 16.9 Å². The van der Waals surface area contributed by atoms with Gasteiger partial charge in [0.1, 0.15) is 24.3 Å². The number of aromatic nitrogens is 4. The first kappa shape index (κ1) is 26.5. The Morgan fingerprint density at radius 2 is 1.84 bits per heavy atom. The quantitative estimate of drug-likeness (QED) is 0.187. The van der Waals surface area contributed by atoms with Crippen molar-refractivity contribution in [3.8, 4) is 5.75 Å². The molecule has 4 rings (SSSR count). The zero-order chi connectivity index (χ0) is 26.3. The van der Waals surface area contributed by atoms with Crippen LogP contribution in [0.1, 0.15) is 46.8 Å². The van der Waals surface area contributed by atoms with Gasteiger partial charge < -0.3 is 13.7 Å². The lowest BCUT2D eigenvalue weighted by Gasteiger charge is -2.11. The van der Waals surface area contributed by atoms with E-state index in [9.17, 15) is 17.7 Å². The van der Waals surface area contributed by atoms with E-state index >= 15 is 0 Å². The van der Waals surface area contributed by atoms with Crippen LogP contribution >= 0.6 is 0 Å². The fourth-order valence-electron chi connectivity index (χ4n) is 3.63. The van der Waals surface area contributed by atoms with Crippen molar-refractivity contribution in [1.29, 1.82) is 0 Å². The Balaban J connectivity index is 1.25. The molecule has 1 unspecified atom stereocenters. The first-order chi connectivity index (χ1) is 17.8. The summed E-state index contributed by atoms with van der Waals surface area (Å²) >= 11 is -3.05. The molecular formula is C26H25F3N4O3S. The summed E-state index contributed by atoms with van der Waals surface area (Å²) < 4.78 is 60.3. The number of unbranched alkanes of at least 4 members (excludes halogenated alkanes) is 1. The van der Waals surface area contributed by atoms with Gasteiger partial charge in [-0.3, -0.25) is 5.10 Å². The second-order valence-corrected chi connectivity index (χ2v) is 9.81. The van der Waals surface area contributed by atoms with Crippen LogP contribution in [0.25, 0.3) is 12.2 Å². The van der Waals surface area contributed by atoms with Gasteiger partial charge >= 0.3 is 5.51 Å². The Labute approximate surface area is 215 Å². The molecule has 0 fully saturated rings. The van der Waals surface area contributed by atoms with Crippen LogP contribution in [0.2, 0.25) is 0 Å². The average Bonchev–Trinajstić information content (AvgIpc) is 3.56. The Kier molecular flexibility index (Phi) is 8.67. The molecular weight excluding hydrogens is 505 g/mol. The van der Waals surface area contributed by atoms with Gasteiger partial charge in [-0.05, 0) is 91.8 Å². The van der Waals surface area contributed by atoms with E-state index in [1.54, 1.807) is 12.2 Å². The molecule has 0 saturated carbocycles. The molecule has 0 amide bonds.